The van der Waals surface area contributed by atoms with E-state index in [4.69, 9.17) is 16.6 Å². The summed E-state index contributed by atoms with van der Waals surface area (Å²) in [6.07, 6.45) is 0. The number of aromatic hydroxyl groups is 1. The molecule has 5 rings (SSSR count). The predicted molar refractivity (Wildman–Crippen MR) is 143 cm³/mol. The molecule has 1 amide bonds. The summed E-state index contributed by atoms with van der Waals surface area (Å²) in [7, 11) is 0. The Morgan fingerprint density at radius 2 is 1.83 bits per heavy atom. The zero-order chi connectivity index (χ0) is 24.7. The van der Waals surface area contributed by atoms with Crippen molar-refractivity contribution >= 4 is 60.9 Å². The van der Waals surface area contributed by atoms with E-state index < -0.39 is 5.91 Å². The van der Waals surface area contributed by atoms with Crippen LogP contribution in [0.2, 0.25) is 5.02 Å². The van der Waals surface area contributed by atoms with Crippen molar-refractivity contribution in [1.29, 1.82) is 0 Å². The van der Waals surface area contributed by atoms with Crippen LogP contribution in [0.5, 0.6) is 5.88 Å². The van der Waals surface area contributed by atoms with Gasteiger partial charge in [-0.2, -0.15) is 0 Å². The van der Waals surface area contributed by atoms with Gasteiger partial charge in [-0.3, -0.25) is 4.79 Å². The van der Waals surface area contributed by atoms with Crippen molar-refractivity contribution in [1.82, 2.24) is 9.55 Å². The van der Waals surface area contributed by atoms with Crippen LogP contribution in [0.1, 0.15) is 22.8 Å². The van der Waals surface area contributed by atoms with Crippen LogP contribution in [0.15, 0.2) is 81.4 Å². The minimum absolute atomic E-state index is 0.0627. The van der Waals surface area contributed by atoms with E-state index in [0.29, 0.717) is 39.1 Å². The summed E-state index contributed by atoms with van der Waals surface area (Å²) in [5, 5.41) is 20.8. The number of aryl methyl sites for hydroxylation is 2. The first-order valence-electron chi connectivity index (χ1n) is 11.0. The smallest absolute Gasteiger partial charge is 0.296 e. The van der Waals surface area contributed by atoms with Crippen LogP contribution in [0.3, 0.4) is 0 Å². The highest BCUT2D eigenvalue weighted by Crippen LogP contribution is 2.40. The van der Waals surface area contributed by atoms with Crippen molar-refractivity contribution in [2.45, 2.75) is 20.4 Å². The first kappa shape index (κ1) is 23.2. The lowest BCUT2D eigenvalue weighted by atomic mass is 10.0. The van der Waals surface area contributed by atoms with Crippen LogP contribution in [-0.4, -0.2) is 20.6 Å². The highest BCUT2D eigenvalue weighted by molar-refractivity contribution is 9.10. The Hall–Kier alpha value is -3.55. The van der Waals surface area contributed by atoms with Gasteiger partial charge in [-0.25, -0.2) is 4.98 Å². The molecule has 0 spiro atoms. The Bertz CT molecular complexity index is 1640. The maximum absolute atomic E-state index is 13.4. The van der Waals surface area contributed by atoms with Crippen molar-refractivity contribution in [3.8, 4) is 17.1 Å². The van der Waals surface area contributed by atoms with Gasteiger partial charge in [-0.05, 0) is 62.4 Å². The molecule has 0 atom stereocenters. The van der Waals surface area contributed by atoms with E-state index in [0.717, 1.165) is 21.1 Å². The second kappa shape index (κ2) is 9.24. The molecule has 6 nitrogen and oxygen atoms in total. The summed E-state index contributed by atoms with van der Waals surface area (Å²) < 4.78 is 2.65. The van der Waals surface area contributed by atoms with Gasteiger partial charge in [0.05, 0.1) is 22.3 Å². The monoisotopic (exact) mass is 546 g/mol. The van der Waals surface area contributed by atoms with Gasteiger partial charge < -0.3 is 9.67 Å². The van der Waals surface area contributed by atoms with Gasteiger partial charge >= 0.3 is 0 Å². The third kappa shape index (κ3) is 4.33. The second-order valence-corrected chi connectivity index (χ2v) is 9.52. The summed E-state index contributed by atoms with van der Waals surface area (Å²) in [6, 6.07) is 20.5. The number of azo groups is 1. The molecule has 8 heteroatoms. The third-order valence-electron chi connectivity index (χ3n) is 5.86. The Kier molecular flexibility index (Phi) is 6.13. The molecule has 35 heavy (non-hydrogen) atoms. The van der Waals surface area contributed by atoms with Gasteiger partial charge in [-0.15, -0.1) is 10.2 Å². The molecule has 0 aliphatic carbocycles. The molecule has 5 aromatic rings. The van der Waals surface area contributed by atoms with Crippen LogP contribution in [0.4, 0.5) is 5.69 Å². The number of carbonyl (C=O) groups is 1. The SMILES string of the molecule is CCn1c(O)c(N=NC(=O)c2cc(-c3ccc(Br)cc3)nc3ccc(C)cc23)c2cc(Cl)ccc21. The fraction of sp³-hybridized carbons (Fsp3) is 0.111. The molecule has 1 N–H and O–H groups in total. The van der Waals surface area contributed by atoms with Gasteiger partial charge in [0, 0.05) is 32.4 Å². The quantitative estimate of drug-likeness (QED) is 0.230. The Balaban J connectivity index is 1.63. The third-order valence-corrected chi connectivity index (χ3v) is 6.63. The zero-order valence-electron chi connectivity index (χ0n) is 19.0. The lowest BCUT2D eigenvalue weighted by Crippen LogP contribution is -1.99. The highest BCUT2D eigenvalue weighted by atomic mass is 79.9. The maximum atomic E-state index is 13.4. The van der Waals surface area contributed by atoms with Crippen LogP contribution in [0, 0.1) is 6.92 Å². The average molecular weight is 548 g/mol. The molecule has 0 saturated heterocycles. The Morgan fingerprint density at radius 3 is 2.57 bits per heavy atom. The summed E-state index contributed by atoms with van der Waals surface area (Å²) in [4.78, 5) is 18.1. The van der Waals surface area contributed by atoms with Crippen molar-refractivity contribution in [3.63, 3.8) is 0 Å². The van der Waals surface area contributed by atoms with Crippen LogP contribution < -0.4 is 0 Å². The fourth-order valence-electron chi connectivity index (χ4n) is 4.15. The number of hydrogen-bond donors (Lipinski definition) is 1. The number of pyridine rings is 1. The summed E-state index contributed by atoms with van der Waals surface area (Å²) in [5.74, 6) is -0.590. The molecule has 0 aliphatic rings. The number of hydrogen-bond acceptors (Lipinski definition) is 4. The highest BCUT2D eigenvalue weighted by Gasteiger charge is 2.18. The second-order valence-electron chi connectivity index (χ2n) is 8.17. The number of aromatic nitrogens is 2. The van der Waals surface area contributed by atoms with Gasteiger partial charge in [0.15, 0.2) is 5.69 Å². The van der Waals surface area contributed by atoms with E-state index >= 15 is 0 Å². The molecule has 174 valence electrons. The molecule has 0 aliphatic heterocycles. The lowest BCUT2D eigenvalue weighted by Gasteiger charge is -2.08. The first-order valence-corrected chi connectivity index (χ1v) is 12.2. The summed E-state index contributed by atoms with van der Waals surface area (Å²) in [5.41, 5.74) is 4.58. The van der Waals surface area contributed by atoms with E-state index in [1.807, 2.05) is 62.4 Å². The van der Waals surface area contributed by atoms with Crippen LogP contribution in [-0.2, 0) is 6.54 Å². The number of benzene rings is 3. The number of rotatable bonds is 4. The van der Waals surface area contributed by atoms with Crippen LogP contribution >= 0.6 is 27.5 Å². The molecule has 2 aromatic heterocycles. The number of amides is 1. The molecule has 0 radical (unpaired) electrons. The number of halogens is 2. The number of fused-ring (bicyclic) bond motifs is 2. The lowest BCUT2D eigenvalue weighted by molar-refractivity contribution is 0.0996. The normalized spacial score (nSPS) is 11.7. The summed E-state index contributed by atoms with van der Waals surface area (Å²) >= 11 is 9.63. The van der Waals surface area contributed by atoms with Crippen molar-refractivity contribution in [3.05, 3.63) is 87.4 Å². The molecular weight excluding hydrogens is 528 g/mol. The van der Waals surface area contributed by atoms with E-state index in [1.54, 1.807) is 22.8 Å². The summed E-state index contributed by atoms with van der Waals surface area (Å²) in [6.45, 7) is 4.40. The number of nitrogens with zero attached hydrogens (tertiary/aromatic N) is 4. The zero-order valence-corrected chi connectivity index (χ0v) is 21.3. The average Bonchev–Trinajstić information content (AvgIpc) is 3.11. The van der Waals surface area contributed by atoms with E-state index in [2.05, 4.69) is 26.2 Å². The molecular formula is C27H20BrClN4O2. The molecule has 3 aromatic carbocycles. The van der Waals surface area contributed by atoms with Gasteiger partial charge in [-0.1, -0.05) is 51.3 Å². The molecule has 2 heterocycles. The van der Waals surface area contributed by atoms with Crippen LogP contribution in [0.25, 0.3) is 33.1 Å². The fourth-order valence-corrected chi connectivity index (χ4v) is 4.59. The topological polar surface area (TPSA) is 79.8 Å². The van der Waals surface area contributed by atoms with E-state index in [-0.39, 0.29) is 11.6 Å². The van der Waals surface area contributed by atoms with Gasteiger partial charge in [0.1, 0.15) is 0 Å². The van der Waals surface area contributed by atoms with Gasteiger partial charge in [0.2, 0.25) is 5.88 Å². The minimum atomic E-state index is -0.528. The number of carbonyl (C=O) groups excluding carboxylic acids is 1. The Labute approximate surface area is 215 Å². The molecule has 0 bridgehead atoms. The van der Waals surface area contributed by atoms with Crippen molar-refractivity contribution < 1.29 is 9.90 Å². The molecule has 0 unspecified atom stereocenters. The predicted octanol–water partition coefficient (Wildman–Crippen LogP) is 8.23. The van der Waals surface area contributed by atoms with Crippen molar-refractivity contribution in [2.24, 2.45) is 10.2 Å². The molecule has 0 fully saturated rings. The van der Waals surface area contributed by atoms with Crippen molar-refractivity contribution in [2.75, 3.05) is 0 Å². The Morgan fingerprint density at radius 1 is 1.06 bits per heavy atom. The standard InChI is InChI=1S/C27H20BrClN4O2/c1-3-33-24-11-9-18(29)13-21(24)25(27(33)35)31-32-26(34)20-14-23(16-5-7-17(28)8-6-16)30-22-10-4-15(2)12-19(20)22/h4-14,35H,3H2,1-2H3. The van der Waals surface area contributed by atoms with E-state index in [9.17, 15) is 9.90 Å². The molecule has 0 saturated carbocycles. The van der Waals surface area contributed by atoms with Gasteiger partial charge in [0.25, 0.3) is 5.91 Å². The largest absolute Gasteiger partial charge is 0.493 e. The minimum Gasteiger partial charge on any atom is -0.493 e. The van der Waals surface area contributed by atoms with E-state index in [1.165, 1.54) is 0 Å². The maximum Gasteiger partial charge on any atom is 0.296 e. The first-order chi connectivity index (χ1) is 16.9.